The number of anilines is 1. The summed E-state index contributed by atoms with van der Waals surface area (Å²) in [6.45, 7) is 1.54. The highest BCUT2D eigenvalue weighted by molar-refractivity contribution is 8.09. The number of halogens is 1. The van der Waals surface area contributed by atoms with E-state index in [1.165, 1.54) is 12.1 Å². The van der Waals surface area contributed by atoms with Crippen LogP contribution in [-0.4, -0.2) is 34.3 Å². The Balaban J connectivity index is 3.61. The lowest BCUT2D eigenvalue weighted by atomic mass is 10.3. The Morgan fingerprint density at radius 1 is 1.12 bits per heavy atom. The molecule has 0 amide bonds. The molecule has 0 aliphatic carbocycles. The molecule has 0 N–H and O–H groups in total. The minimum atomic E-state index is -3.99. The monoisotopic (exact) mass is 298 g/mol. The fourth-order valence-electron chi connectivity index (χ4n) is 1.24. The number of nitrogens with zero attached hydrogens (tertiary/aromatic N) is 2. The van der Waals surface area contributed by atoms with Gasteiger partial charge in [0.2, 0.25) is 20.0 Å². The zero-order valence-corrected chi connectivity index (χ0v) is 11.8. The molecule has 9 heteroatoms. The zero-order valence-electron chi connectivity index (χ0n) is 9.38. The Labute approximate surface area is 105 Å². The van der Waals surface area contributed by atoms with Gasteiger partial charge in [0.15, 0.2) is 5.82 Å². The fourth-order valence-corrected chi connectivity index (χ4v) is 4.35. The summed E-state index contributed by atoms with van der Waals surface area (Å²) in [4.78, 5) is 3.74. The van der Waals surface area contributed by atoms with E-state index in [1.54, 1.807) is 6.92 Å². The molecule has 6 nitrogen and oxygen atoms in total. The van der Waals surface area contributed by atoms with Gasteiger partial charge < -0.3 is 0 Å². The third kappa shape index (κ3) is 3.30. The Hall–Kier alpha value is -0.860. The molecule has 0 aliphatic rings. The second kappa shape index (κ2) is 4.43. The van der Waals surface area contributed by atoms with Crippen molar-refractivity contribution in [1.82, 2.24) is 4.98 Å². The van der Waals surface area contributed by atoms with Crippen LogP contribution in [0.1, 0.15) is 5.56 Å². The second-order valence-corrected chi connectivity index (χ2v) is 7.78. The standard InChI is InChI=1S/C8H11ClN2O4S2/c1-6-4-5-7(9)10-8(6)11(16(2,12)13)17(3,14)15/h4-5H,1-3H3. The number of aryl methyl sites for hydroxylation is 1. The predicted octanol–water partition coefficient (Wildman–Crippen LogP) is 0.769. The molecule has 0 saturated carbocycles. The maximum absolute atomic E-state index is 11.5. The summed E-state index contributed by atoms with van der Waals surface area (Å²) in [7, 11) is -7.98. The molecule has 1 rings (SSSR count). The highest BCUT2D eigenvalue weighted by Crippen LogP contribution is 2.24. The molecule has 0 radical (unpaired) electrons. The highest BCUT2D eigenvalue weighted by Gasteiger charge is 2.29. The minimum absolute atomic E-state index is 0.0166. The van der Waals surface area contributed by atoms with E-state index in [9.17, 15) is 16.8 Å². The molecule has 1 aromatic rings. The maximum atomic E-state index is 11.5. The van der Waals surface area contributed by atoms with Crippen molar-refractivity contribution >= 4 is 37.5 Å². The van der Waals surface area contributed by atoms with Gasteiger partial charge in [-0.05, 0) is 18.6 Å². The summed E-state index contributed by atoms with van der Waals surface area (Å²) in [5, 5.41) is 0.0166. The van der Waals surface area contributed by atoms with Crippen molar-refractivity contribution in [2.75, 3.05) is 16.2 Å². The van der Waals surface area contributed by atoms with E-state index < -0.39 is 20.0 Å². The minimum Gasteiger partial charge on any atom is -0.217 e. The van der Waals surface area contributed by atoms with Gasteiger partial charge in [0.05, 0.1) is 12.5 Å². The average Bonchev–Trinajstić information content (AvgIpc) is 2.06. The molecule has 1 heterocycles. The summed E-state index contributed by atoms with van der Waals surface area (Å²) in [5.41, 5.74) is 0.394. The molecule has 96 valence electrons. The van der Waals surface area contributed by atoms with Crippen molar-refractivity contribution in [2.24, 2.45) is 0 Å². The van der Waals surface area contributed by atoms with Crippen LogP contribution in [0.4, 0.5) is 5.82 Å². The normalized spacial score (nSPS) is 12.5. The van der Waals surface area contributed by atoms with E-state index in [1.807, 2.05) is 0 Å². The molecule has 0 bridgehead atoms. The van der Waals surface area contributed by atoms with Crippen LogP contribution in [0, 0.1) is 6.92 Å². The van der Waals surface area contributed by atoms with Crippen LogP contribution in [0.3, 0.4) is 0 Å². The van der Waals surface area contributed by atoms with E-state index in [0.29, 0.717) is 5.56 Å². The lowest BCUT2D eigenvalue weighted by Crippen LogP contribution is -2.36. The van der Waals surface area contributed by atoms with Gasteiger partial charge in [-0.1, -0.05) is 17.7 Å². The third-order valence-electron chi connectivity index (χ3n) is 1.81. The molecular weight excluding hydrogens is 288 g/mol. The first-order valence-corrected chi connectivity index (χ1v) is 8.44. The van der Waals surface area contributed by atoms with Crippen LogP contribution in [0.2, 0.25) is 5.15 Å². The maximum Gasteiger partial charge on any atom is 0.246 e. The molecule has 0 atom stereocenters. The Morgan fingerprint density at radius 3 is 2.00 bits per heavy atom. The molecule has 0 spiro atoms. The number of rotatable bonds is 3. The topological polar surface area (TPSA) is 84.4 Å². The van der Waals surface area contributed by atoms with Crippen LogP contribution >= 0.6 is 11.6 Å². The Bertz CT molecular complexity index is 607. The van der Waals surface area contributed by atoms with Crippen LogP contribution in [0.15, 0.2) is 12.1 Å². The SMILES string of the molecule is Cc1ccc(Cl)nc1N(S(C)(=O)=O)S(C)(=O)=O. The van der Waals surface area contributed by atoms with Crippen molar-refractivity contribution in [3.05, 3.63) is 22.8 Å². The van der Waals surface area contributed by atoms with Gasteiger partial charge in [0.1, 0.15) is 5.15 Å². The number of hydrogen-bond acceptors (Lipinski definition) is 5. The first-order valence-electron chi connectivity index (χ1n) is 4.37. The second-order valence-electron chi connectivity index (χ2n) is 3.50. The van der Waals surface area contributed by atoms with Crippen molar-refractivity contribution < 1.29 is 16.8 Å². The summed E-state index contributed by atoms with van der Waals surface area (Å²) < 4.78 is 46.3. The molecule has 17 heavy (non-hydrogen) atoms. The molecule has 1 aromatic heterocycles. The van der Waals surface area contributed by atoms with Crippen LogP contribution in [0.5, 0.6) is 0 Å². The number of hydrogen-bond donors (Lipinski definition) is 0. The first-order chi connectivity index (χ1) is 7.53. The average molecular weight is 299 g/mol. The molecule has 0 aromatic carbocycles. The van der Waals surface area contributed by atoms with Gasteiger partial charge in [0, 0.05) is 0 Å². The van der Waals surface area contributed by atoms with Gasteiger partial charge in [-0.15, -0.1) is 3.71 Å². The van der Waals surface area contributed by atoms with E-state index in [-0.39, 0.29) is 14.7 Å². The summed E-state index contributed by atoms with van der Waals surface area (Å²) in [5.74, 6) is -0.206. The number of pyridine rings is 1. The number of aromatic nitrogens is 1. The van der Waals surface area contributed by atoms with E-state index in [0.717, 1.165) is 12.5 Å². The van der Waals surface area contributed by atoms with E-state index in [2.05, 4.69) is 4.98 Å². The smallest absolute Gasteiger partial charge is 0.217 e. The highest BCUT2D eigenvalue weighted by atomic mass is 35.5. The van der Waals surface area contributed by atoms with Gasteiger partial charge in [0.25, 0.3) is 0 Å². The third-order valence-corrected chi connectivity index (χ3v) is 5.20. The van der Waals surface area contributed by atoms with Crippen LogP contribution in [-0.2, 0) is 20.0 Å². The van der Waals surface area contributed by atoms with Crippen molar-refractivity contribution in [2.45, 2.75) is 6.92 Å². The predicted molar refractivity (Wildman–Crippen MR) is 66.2 cm³/mol. The lowest BCUT2D eigenvalue weighted by molar-refractivity contribution is 0.590. The summed E-state index contributed by atoms with van der Waals surface area (Å²) in [6, 6.07) is 2.94. The van der Waals surface area contributed by atoms with Gasteiger partial charge in [-0.25, -0.2) is 21.8 Å². The van der Waals surface area contributed by atoms with Crippen LogP contribution < -0.4 is 3.71 Å². The first kappa shape index (κ1) is 14.2. The molecule has 0 saturated heterocycles. The Morgan fingerprint density at radius 2 is 1.59 bits per heavy atom. The number of sulfonamides is 2. The van der Waals surface area contributed by atoms with Gasteiger partial charge in [-0.2, -0.15) is 0 Å². The quantitative estimate of drug-likeness (QED) is 0.770. The Kier molecular flexibility index (Phi) is 3.70. The molecule has 0 aliphatic heterocycles. The summed E-state index contributed by atoms with van der Waals surface area (Å²) in [6.07, 6.45) is 1.58. The van der Waals surface area contributed by atoms with Gasteiger partial charge >= 0.3 is 0 Å². The van der Waals surface area contributed by atoms with Crippen molar-refractivity contribution in [1.29, 1.82) is 0 Å². The largest absolute Gasteiger partial charge is 0.246 e. The van der Waals surface area contributed by atoms with Crippen LogP contribution in [0.25, 0.3) is 0 Å². The zero-order chi connectivity index (χ0) is 13.4. The van der Waals surface area contributed by atoms with Crippen molar-refractivity contribution in [3.63, 3.8) is 0 Å². The fraction of sp³-hybridized carbons (Fsp3) is 0.375. The van der Waals surface area contributed by atoms with Crippen molar-refractivity contribution in [3.8, 4) is 0 Å². The molecule has 0 unspecified atom stereocenters. The molecule has 0 fully saturated rings. The lowest BCUT2D eigenvalue weighted by Gasteiger charge is -2.20. The van der Waals surface area contributed by atoms with Gasteiger partial charge in [-0.3, -0.25) is 0 Å². The summed E-state index contributed by atoms with van der Waals surface area (Å²) >= 11 is 5.63. The molecular formula is C8H11ClN2O4S2. The van der Waals surface area contributed by atoms with E-state index >= 15 is 0 Å². The van der Waals surface area contributed by atoms with E-state index in [4.69, 9.17) is 11.6 Å².